The molecule has 3 atom stereocenters. The van der Waals surface area contributed by atoms with E-state index in [9.17, 15) is 9.90 Å². The normalized spacial score (nSPS) is 20.9. The van der Waals surface area contributed by atoms with Crippen LogP contribution in [0.2, 0.25) is 0 Å². The number of carboxylic acid groups (broad SMARTS) is 1. The van der Waals surface area contributed by atoms with E-state index in [0.29, 0.717) is 39.5 Å². The standard InChI is InChI=1S/C27H32O7/c1-2-33-27-22(10-12-31-14-15-32-13-11-28)24(17-25(34-27)26(29)30)21-9-5-8-20-19-7-4-3-6-18(19)16-23(20)21/h3-9,17,22,24,27-28H,2,10-16H2,1H3,(H,29,30)/t22-,24+,27+/m1/s1. The molecule has 0 radical (unpaired) electrons. The number of aliphatic hydroxyl groups is 1. The van der Waals surface area contributed by atoms with E-state index in [2.05, 4.69) is 30.3 Å². The largest absolute Gasteiger partial charge is 0.475 e. The Bertz CT molecular complexity index is 1020. The third-order valence-electron chi connectivity index (χ3n) is 6.38. The number of aliphatic carboxylic acids is 1. The second-order valence-electron chi connectivity index (χ2n) is 8.41. The van der Waals surface area contributed by atoms with E-state index < -0.39 is 12.3 Å². The molecule has 1 aliphatic carbocycles. The van der Waals surface area contributed by atoms with Crippen LogP contribution in [0.4, 0.5) is 0 Å². The Hall–Kier alpha value is -2.71. The Morgan fingerprint density at radius 1 is 1.03 bits per heavy atom. The summed E-state index contributed by atoms with van der Waals surface area (Å²) in [6.07, 6.45) is 2.50. The minimum Gasteiger partial charge on any atom is -0.475 e. The molecule has 0 spiro atoms. The zero-order chi connectivity index (χ0) is 23.9. The van der Waals surface area contributed by atoms with Gasteiger partial charge in [0.1, 0.15) is 0 Å². The minimum absolute atomic E-state index is 0.0133. The van der Waals surface area contributed by atoms with Crippen molar-refractivity contribution in [1.82, 2.24) is 0 Å². The third-order valence-corrected chi connectivity index (χ3v) is 6.38. The molecule has 34 heavy (non-hydrogen) atoms. The smallest absolute Gasteiger partial charge is 0.370 e. The average molecular weight is 469 g/mol. The van der Waals surface area contributed by atoms with Gasteiger partial charge in [0.15, 0.2) is 0 Å². The van der Waals surface area contributed by atoms with Crippen LogP contribution in [-0.2, 0) is 30.2 Å². The van der Waals surface area contributed by atoms with E-state index >= 15 is 0 Å². The molecule has 2 aromatic rings. The van der Waals surface area contributed by atoms with Crippen LogP contribution in [0.15, 0.2) is 54.3 Å². The Morgan fingerprint density at radius 2 is 1.79 bits per heavy atom. The molecule has 2 aliphatic rings. The van der Waals surface area contributed by atoms with Gasteiger partial charge in [-0.05, 0) is 53.7 Å². The lowest BCUT2D eigenvalue weighted by Crippen LogP contribution is -2.37. The monoisotopic (exact) mass is 468 g/mol. The molecule has 0 fully saturated rings. The van der Waals surface area contributed by atoms with Crippen molar-refractivity contribution in [2.45, 2.75) is 32.0 Å². The van der Waals surface area contributed by atoms with Crippen LogP contribution in [0.5, 0.6) is 0 Å². The number of aliphatic hydroxyl groups excluding tert-OH is 1. The number of carboxylic acids is 1. The summed E-state index contributed by atoms with van der Waals surface area (Å²) in [4.78, 5) is 11.9. The van der Waals surface area contributed by atoms with Gasteiger partial charge in [-0.15, -0.1) is 0 Å². The van der Waals surface area contributed by atoms with Crippen LogP contribution < -0.4 is 0 Å². The van der Waals surface area contributed by atoms with Gasteiger partial charge in [0.2, 0.25) is 12.0 Å². The summed E-state index contributed by atoms with van der Waals surface area (Å²) < 4.78 is 22.7. The predicted octanol–water partition coefficient (Wildman–Crippen LogP) is 3.73. The zero-order valence-corrected chi connectivity index (χ0v) is 19.4. The number of benzene rings is 2. The first kappa shape index (κ1) is 24.4. The summed E-state index contributed by atoms with van der Waals surface area (Å²) in [5, 5.41) is 18.5. The second-order valence-corrected chi connectivity index (χ2v) is 8.41. The third kappa shape index (κ3) is 5.33. The lowest BCUT2D eigenvalue weighted by molar-refractivity contribution is -0.174. The van der Waals surface area contributed by atoms with Gasteiger partial charge >= 0.3 is 5.97 Å². The first-order valence-corrected chi connectivity index (χ1v) is 11.8. The van der Waals surface area contributed by atoms with Gasteiger partial charge in [-0.25, -0.2) is 4.79 Å². The molecule has 2 aromatic carbocycles. The molecule has 0 saturated carbocycles. The van der Waals surface area contributed by atoms with Gasteiger partial charge < -0.3 is 29.2 Å². The lowest BCUT2D eigenvalue weighted by Gasteiger charge is -2.37. The van der Waals surface area contributed by atoms with E-state index in [1.807, 2.05) is 19.1 Å². The van der Waals surface area contributed by atoms with Crippen molar-refractivity contribution < 1.29 is 34.0 Å². The summed E-state index contributed by atoms with van der Waals surface area (Å²) in [6.45, 7) is 3.85. The molecular weight excluding hydrogens is 436 g/mol. The van der Waals surface area contributed by atoms with Crippen molar-refractivity contribution >= 4 is 5.97 Å². The molecule has 0 amide bonds. The van der Waals surface area contributed by atoms with Crippen LogP contribution in [0.3, 0.4) is 0 Å². The number of ether oxygens (including phenoxy) is 4. The Labute approximate surface area is 199 Å². The van der Waals surface area contributed by atoms with Gasteiger partial charge in [0.25, 0.3) is 0 Å². The molecule has 182 valence electrons. The molecule has 2 N–H and O–H groups in total. The Morgan fingerprint density at radius 3 is 2.56 bits per heavy atom. The first-order valence-electron chi connectivity index (χ1n) is 11.8. The van der Waals surface area contributed by atoms with Gasteiger partial charge in [-0.3, -0.25) is 0 Å². The molecule has 0 bridgehead atoms. The van der Waals surface area contributed by atoms with E-state index in [4.69, 9.17) is 24.1 Å². The van der Waals surface area contributed by atoms with Crippen LogP contribution in [0, 0.1) is 5.92 Å². The van der Waals surface area contributed by atoms with Crippen molar-refractivity contribution in [2.24, 2.45) is 5.92 Å². The highest BCUT2D eigenvalue weighted by Crippen LogP contribution is 2.45. The molecule has 1 aliphatic heterocycles. The molecule has 0 aromatic heterocycles. The van der Waals surface area contributed by atoms with Crippen molar-refractivity contribution in [3.8, 4) is 11.1 Å². The number of allylic oxidation sites excluding steroid dienone is 1. The maximum Gasteiger partial charge on any atom is 0.370 e. The quantitative estimate of drug-likeness (QED) is 0.391. The fourth-order valence-electron chi connectivity index (χ4n) is 4.89. The number of hydrogen-bond acceptors (Lipinski definition) is 6. The van der Waals surface area contributed by atoms with Gasteiger partial charge in [-0.2, -0.15) is 0 Å². The second kappa shape index (κ2) is 11.6. The molecule has 7 heteroatoms. The van der Waals surface area contributed by atoms with Crippen LogP contribution >= 0.6 is 0 Å². The summed E-state index contributed by atoms with van der Waals surface area (Å²) in [5.74, 6) is -1.47. The number of carbonyl (C=O) groups is 1. The molecule has 0 unspecified atom stereocenters. The zero-order valence-electron chi connectivity index (χ0n) is 19.4. The SMILES string of the molecule is CCO[C@H]1OC(C(=O)O)=C[C@@H](c2cccc3c2Cc2ccccc2-3)[C@H]1CCOCCOCCO. The average Bonchev–Trinajstić information content (AvgIpc) is 3.23. The summed E-state index contributed by atoms with van der Waals surface area (Å²) >= 11 is 0. The molecule has 1 heterocycles. The van der Waals surface area contributed by atoms with E-state index in [0.717, 1.165) is 12.0 Å². The molecule has 0 saturated heterocycles. The Kier molecular flexibility index (Phi) is 8.34. The van der Waals surface area contributed by atoms with Crippen LogP contribution in [0.25, 0.3) is 11.1 Å². The van der Waals surface area contributed by atoms with Crippen molar-refractivity contribution in [2.75, 3.05) is 39.6 Å². The van der Waals surface area contributed by atoms with Gasteiger partial charge in [-0.1, -0.05) is 42.5 Å². The molecule has 4 rings (SSSR count). The fraction of sp³-hybridized carbons (Fsp3) is 0.444. The summed E-state index contributed by atoms with van der Waals surface area (Å²) in [6, 6.07) is 14.7. The van der Waals surface area contributed by atoms with Gasteiger partial charge in [0.05, 0.1) is 26.4 Å². The molecular formula is C27H32O7. The number of hydrogen-bond donors (Lipinski definition) is 2. The maximum atomic E-state index is 11.9. The first-order chi connectivity index (χ1) is 16.6. The molecule has 7 nitrogen and oxygen atoms in total. The number of rotatable bonds is 12. The Balaban J connectivity index is 1.61. The summed E-state index contributed by atoms with van der Waals surface area (Å²) in [7, 11) is 0. The fourth-order valence-corrected chi connectivity index (χ4v) is 4.89. The highest BCUT2D eigenvalue weighted by Gasteiger charge is 2.39. The minimum atomic E-state index is -1.10. The highest BCUT2D eigenvalue weighted by atomic mass is 16.7. The maximum absolute atomic E-state index is 11.9. The van der Waals surface area contributed by atoms with E-state index in [1.165, 1.54) is 22.3 Å². The predicted molar refractivity (Wildman–Crippen MR) is 126 cm³/mol. The summed E-state index contributed by atoms with van der Waals surface area (Å²) in [5.41, 5.74) is 6.06. The lowest BCUT2D eigenvalue weighted by atomic mass is 9.78. The van der Waals surface area contributed by atoms with Crippen molar-refractivity contribution in [1.29, 1.82) is 0 Å². The van der Waals surface area contributed by atoms with E-state index in [1.54, 1.807) is 6.08 Å². The highest BCUT2D eigenvalue weighted by molar-refractivity contribution is 5.85. The topological polar surface area (TPSA) is 94.5 Å². The van der Waals surface area contributed by atoms with Crippen molar-refractivity contribution in [3.05, 3.63) is 71.0 Å². The van der Waals surface area contributed by atoms with E-state index in [-0.39, 0.29) is 24.2 Å². The van der Waals surface area contributed by atoms with Gasteiger partial charge in [0, 0.05) is 25.0 Å². The number of fused-ring (bicyclic) bond motifs is 3. The van der Waals surface area contributed by atoms with Crippen LogP contribution in [0.1, 0.15) is 36.0 Å². The van der Waals surface area contributed by atoms with Crippen LogP contribution in [-0.4, -0.2) is 62.1 Å². The van der Waals surface area contributed by atoms with Crippen molar-refractivity contribution in [3.63, 3.8) is 0 Å².